The molecule has 0 aromatic heterocycles. The Hall–Kier alpha value is -0.800. The number of ether oxygens (including phenoxy) is 1. The third-order valence-electron chi connectivity index (χ3n) is 3.44. The lowest BCUT2D eigenvalue weighted by atomic mass is 10.0. The van der Waals surface area contributed by atoms with Crippen LogP contribution in [0, 0.1) is 0 Å². The van der Waals surface area contributed by atoms with Gasteiger partial charge in [-0.1, -0.05) is 28.9 Å². The minimum atomic E-state index is 0.225. The minimum Gasteiger partial charge on any atom is -0.486 e. The van der Waals surface area contributed by atoms with Gasteiger partial charge in [-0.05, 0) is 57.0 Å². The Kier molecular flexibility index (Phi) is 5.46. The van der Waals surface area contributed by atoms with Gasteiger partial charge in [0.1, 0.15) is 11.9 Å². The van der Waals surface area contributed by atoms with E-state index in [1.54, 1.807) is 0 Å². The predicted octanol–water partition coefficient (Wildman–Crippen LogP) is 4.61. The van der Waals surface area contributed by atoms with Gasteiger partial charge in [0.25, 0.3) is 0 Å². The minimum absolute atomic E-state index is 0.225. The highest BCUT2D eigenvalue weighted by Gasteiger charge is 2.15. The summed E-state index contributed by atoms with van der Waals surface area (Å²) in [5, 5.41) is 3.45. The molecule has 0 saturated carbocycles. The third-order valence-corrected chi connectivity index (χ3v) is 3.93. The summed E-state index contributed by atoms with van der Waals surface area (Å²) in [7, 11) is 0. The van der Waals surface area contributed by atoms with Crippen LogP contribution in [0.25, 0.3) is 0 Å². The molecule has 0 spiro atoms. The molecule has 1 aliphatic rings. The van der Waals surface area contributed by atoms with E-state index in [-0.39, 0.29) is 6.10 Å². The summed E-state index contributed by atoms with van der Waals surface area (Å²) in [6.07, 6.45) is 8.15. The summed E-state index contributed by atoms with van der Waals surface area (Å²) in [5.41, 5.74) is 1.22. The van der Waals surface area contributed by atoms with Gasteiger partial charge in [0.05, 0.1) is 0 Å². The van der Waals surface area contributed by atoms with Crippen LogP contribution in [0.1, 0.15) is 44.7 Å². The Labute approximate surface area is 124 Å². The van der Waals surface area contributed by atoms with Gasteiger partial charge in [0.2, 0.25) is 0 Å². The number of hydrogen-bond acceptors (Lipinski definition) is 2. The molecule has 19 heavy (non-hydrogen) atoms. The van der Waals surface area contributed by atoms with Crippen LogP contribution in [0.4, 0.5) is 0 Å². The van der Waals surface area contributed by atoms with E-state index in [4.69, 9.17) is 4.74 Å². The monoisotopic (exact) mass is 323 g/mol. The molecule has 1 aliphatic carbocycles. The molecule has 0 fully saturated rings. The van der Waals surface area contributed by atoms with Gasteiger partial charge in [-0.25, -0.2) is 0 Å². The number of allylic oxidation sites excluding steroid dienone is 1. The van der Waals surface area contributed by atoms with E-state index < -0.39 is 0 Å². The molecule has 0 bridgehead atoms. The highest BCUT2D eigenvalue weighted by Crippen LogP contribution is 2.30. The zero-order valence-corrected chi connectivity index (χ0v) is 13.2. The van der Waals surface area contributed by atoms with Crippen LogP contribution in [0.5, 0.6) is 5.75 Å². The zero-order chi connectivity index (χ0) is 13.7. The van der Waals surface area contributed by atoms with Gasteiger partial charge in [0, 0.05) is 16.1 Å². The lowest BCUT2D eigenvalue weighted by Gasteiger charge is -2.23. The van der Waals surface area contributed by atoms with Crippen molar-refractivity contribution in [1.29, 1.82) is 0 Å². The molecule has 104 valence electrons. The molecule has 0 radical (unpaired) electrons. The second-order valence-electron chi connectivity index (χ2n) is 4.98. The van der Waals surface area contributed by atoms with E-state index in [2.05, 4.69) is 59.4 Å². The number of nitrogens with one attached hydrogen (secondary N) is 1. The number of halogens is 1. The summed E-state index contributed by atoms with van der Waals surface area (Å²) in [6.45, 7) is 5.25. The van der Waals surface area contributed by atoms with Gasteiger partial charge >= 0.3 is 0 Å². The largest absolute Gasteiger partial charge is 0.486 e. The van der Waals surface area contributed by atoms with Gasteiger partial charge in [-0.2, -0.15) is 0 Å². The molecule has 0 aliphatic heterocycles. The number of rotatable bonds is 5. The molecule has 0 saturated heterocycles. The van der Waals surface area contributed by atoms with Crippen molar-refractivity contribution in [1.82, 2.24) is 5.32 Å². The quantitative estimate of drug-likeness (QED) is 0.799. The third kappa shape index (κ3) is 4.08. The normalized spacial score (nSPS) is 20.3. The fourth-order valence-electron chi connectivity index (χ4n) is 2.42. The number of hydrogen-bond donors (Lipinski definition) is 1. The van der Waals surface area contributed by atoms with E-state index >= 15 is 0 Å². The fraction of sp³-hybridized carbons (Fsp3) is 0.500. The van der Waals surface area contributed by atoms with Crippen molar-refractivity contribution in [3.8, 4) is 5.75 Å². The Morgan fingerprint density at radius 2 is 2.32 bits per heavy atom. The van der Waals surface area contributed by atoms with Crippen LogP contribution in [-0.4, -0.2) is 12.6 Å². The highest BCUT2D eigenvalue weighted by molar-refractivity contribution is 9.10. The zero-order valence-electron chi connectivity index (χ0n) is 11.7. The summed E-state index contributed by atoms with van der Waals surface area (Å²) in [5.74, 6) is 0.994. The average molecular weight is 324 g/mol. The van der Waals surface area contributed by atoms with Crippen LogP contribution in [-0.2, 0) is 0 Å². The molecular formula is C16H22BrNO. The van der Waals surface area contributed by atoms with Crippen LogP contribution in [0.15, 0.2) is 34.8 Å². The van der Waals surface area contributed by atoms with Crippen molar-refractivity contribution < 1.29 is 4.74 Å². The van der Waals surface area contributed by atoms with Crippen molar-refractivity contribution in [3.63, 3.8) is 0 Å². The first kappa shape index (κ1) is 14.6. The SMILES string of the molecule is CCNC(C)c1cc(Br)ccc1OC1C=CCCC1. The molecule has 1 N–H and O–H groups in total. The first-order chi connectivity index (χ1) is 9.20. The Morgan fingerprint density at radius 3 is 3.00 bits per heavy atom. The lowest BCUT2D eigenvalue weighted by molar-refractivity contribution is 0.226. The average Bonchev–Trinajstić information content (AvgIpc) is 2.42. The summed E-state index contributed by atoms with van der Waals surface area (Å²) < 4.78 is 7.26. The van der Waals surface area contributed by atoms with Crippen molar-refractivity contribution in [2.75, 3.05) is 6.54 Å². The second kappa shape index (κ2) is 7.11. The molecule has 2 atom stereocenters. The molecule has 0 heterocycles. The van der Waals surface area contributed by atoms with Crippen molar-refractivity contribution >= 4 is 15.9 Å². The maximum atomic E-state index is 6.16. The molecule has 2 rings (SSSR count). The smallest absolute Gasteiger partial charge is 0.125 e. The van der Waals surface area contributed by atoms with Gasteiger partial charge in [-0.3, -0.25) is 0 Å². The molecule has 3 heteroatoms. The Bertz CT molecular complexity index is 444. The first-order valence-electron chi connectivity index (χ1n) is 7.07. The number of benzene rings is 1. The first-order valence-corrected chi connectivity index (χ1v) is 7.86. The molecule has 2 nitrogen and oxygen atoms in total. The standard InChI is InChI=1S/C16H22BrNO/c1-3-18-12(2)15-11-13(17)9-10-16(15)19-14-7-5-4-6-8-14/h5,7,9-12,14,18H,3-4,6,8H2,1-2H3. The van der Waals surface area contributed by atoms with E-state index in [1.807, 2.05) is 6.07 Å². The van der Waals surface area contributed by atoms with Gasteiger partial charge in [-0.15, -0.1) is 0 Å². The summed E-state index contributed by atoms with van der Waals surface area (Å²) in [6, 6.07) is 6.56. The summed E-state index contributed by atoms with van der Waals surface area (Å²) >= 11 is 3.54. The van der Waals surface area contributed by atoms with E-state index in [1.165, 1.54) is 18.4 Å². The van der Waals surface area contributed by atoms with Gasteiger partial charge in [0.15, 0.2) is 0 Å². The lowest BCUT2D eigenvalue weighted by Crippen LogP contribution is -2.21. The van der Waals surface area contributed by atoms with Crippen molar-refractivity contribution in [3.05, 3.63) is 40.4 Å². The van der Waals surface area contributed by atoms with Crippen LogP contribution < -0.4 is 10.1 Å². The van der Waals surface area contributed by atoms with Crippen molar-refractivity contribution in [2.45, 2.75) is 45.3 Å². The topological polar surface area (TPSA) is 21.3 Å². The predicted molar refractivity (Wildman–Crippen MR) is 83.6 cm³/mol. The van der Waals surface area contributed by atoms with E-state index in [0.717, 1.165) is 23.2 Å². The van der Waals surface area contributed by atoms with Crippen LogP contribution in [0.3, 0.4) is 0 Å². The van der Waals surface area contributed by atoms with E-state index in [0.29, 0.717) is 6.04 Å². The van der Waals surface area contributed by atoms with Crippen LogP contribution in [0.2, 0.25) is 0 Å². The molecule has 1 aromatic rings. The van der Waals surface area contributed by atoms with Gasteiger partial charge < -0.3 is 10.1 Å². The molecular weight excluding hydrogens is 302 g/mol. The fourth-order valence-corrected chi connectivity index (χ4v) is 2.80. The second-order valence-corrected chi connectivity index (χ2v) is 5.89. The maximum Gasteiger partial charge on any atom is 0.125 e. The molecule has 2 unspecified atom stereocenters. The maximum absolute atomic E-state index is 6.16. The van der Waals surface area contributed by atoms with E-state index in [9.17, 15) is 0 Å². The highest BCUT2D eigenvalue weighted by atomic mass is 79.9. The van der Waals surface area contributed by atoms with Crippen molar-refractivity contribution in [2.24, 2.45) is 0 Å². The molecule has 1 aromatic carbocycles. The summed E-state index contributed by atoms with van der Waals surface area (Å²) in [4.78, 5) is 0. The molecule has 0 amide bonds. The Morgan fingerprint density at radius 1 is 1.47 bits per heavy atom. The Balaban J connectivity index is 2.18. The van der Waals surface area contributed by atoms with Crippen LogP contribution >= 0.6 is 15.9 Å².